The van der Waals surface area contributed by atoms with Crippen LogP contribution >= 0.6 is 0 Å². The predicted octanol–water partition coefficient (Wildman–Crippen LogP) is 0.553. The summed E-state index contributed by atoms with van der Waals surface area (Å²) in [6.45, 7) is 0.0902. The largest absolute Gasteiger partial charge is 0.462 e. The van der Waals surface area contributed by atoms with Crippen LogP contribution < -0.4 is 0 Å². The Kier molecular flexibility index (Phi) is 3.88. The SMILES string of the molecule is O=C(CN1C(=O)c2ccccc2S1(=O)=O)OCC1CCCO1. The van der Waals surface area contributed by atoms with Crippen LogP contribution in [0.2, 0.25) is 0 Å². The molecule has 0 saturated carbocycles. The van der Waals surface area contributed by atoms with Crippen molar-refractivity contribution in [1.29, 1.82) is 0 Å². The first kappa shape index (κ1) is 15.0. The Morgan fingerprint density at radius 2 is 2.14 bits per heavy atom. The van der Waals surface area contributed by atoms with Gasteiger partial charge in [-0.2, -0.15) is 0 Å². The third kappa shape index (κ3) is 2.59. The van der Waals surface area contributed by atoms with E-state index in [1.54, 1.807) is 6.07 Å². The average molecular weight is 325 g/mol. The molecule has 0 N–H and O–H groups in total. The van der Waals surface area contributed by atoms with Crippen LogP contribution in [0.25, 0.3) is 0 Å². The van der Waals surface area contributed by atoms with Gasteiger partial charge >= 0.3 is 5.97 Å². The summed E-state index contributed by atoms with van der Waals surface area (Å²) in [5, 5.41) is 0. The quantitative estimate of drug-likeness (QED) is 0.751. The minimum Gasteiger partial charge on any atom is -0.462 e. The number of carbonyl (C=O) groups is 2. The van der Waals surface area contributed by atoms with Gasteiger partial charge in [-0.3, -0.25) is 9.59 Å². The summed E-state index contributed by atoms with van der Waals surface area (Å²) >= 11 is 0. The highest BCUT2D eigenvalue weighted by Gasteiger charge is 2.42. The van der Waals surface area contributed by atoms with Gasteiger partial charge in [0.2, 0.25) is 0 Å². The molecule has 118 valence electrons. The molecule has 1 aromatic rings. The first-order chi connectivity index (χ1) is 10.5. The zero-order valence-corrected chi connectivity index (χ0v) is 12.5. The Bertz CT molecular complexity index is 708. The van der Waals surface area contributed by atoms with Gasteiger partial charge in [0.15, 0.2) is 0 Å². The molecule has 0 aliphatic carbocycles. The van der Waals surface area contributed by atoms with Gasteiger partial charge in [-0.05, 0) is 25.0 Å². The zero-order chi connectivity index (χ0) is 15.7. The van der Waals surface area contributed by atoms with Crippen LogP contribution in [0, 0.1) is 0 Å². The van der Waals surface area contributed by atoms with E-state index in [0.29, 0.717) is 10.9 Å². The standard InChI is InChI=1S/C14H15NO6S/c16-13(21-9-10-4-3-7-20-10)8-15-14(17)11-5-1-2-6-12(11)22(15,18)19/h1-2,5-6,10H,3-4,7-9H2. The van der Waals surface area contributed by atoms with E-state index in [1.165, 1.54) is 18.2 Å². The van der Waals surface area contributed by atoms with Gasteiger partial charge in [0, 0.05) is 6.61 Å². The Hall–Kier alpha value is -1.93. The number of sulfonamides is 1. The summed E-state index contributed by atoms with van der Waals surface area (Å²) in [5.41, 5.74) is 0.0782. The minimum atomic E-state index is -3.98. The Labute approximate surface area is 127 Å². The van der Waals surface area contributed by atoms with Crippen LogP contribution in [-0.4, -0.2) is 50.5 Å². The number of hydrogen-bond donors (Lipinski definition) is 0. The summed E-state index contributed by atoms with van der Waals surface area (Å²) in [5.74, 6) is -1.47. The molecular formula is C14H15NO6S. The fourth-order valence-corrected chi connectivity index (χ4v) is 4.03. The second-order valence-electron chi connectivity index (χ2n) is 5.13. The average Bonchev–Trinajstić information content (AvgIpc) is 3.08. The molecule has 0 aromatic heterocycles. The van der Waals surface area contributed by atoms with Crippen LogP contribution in [0.5, 0.6) is 0 Å². The van der Waals surface area contributed by atoms with E-state index in [4.69, 9.17) is 9.47 Å². The van der Waals surface area contributed by atoms with Gasteiger partial charge in [0.1, 0.15) is 18.0 Å². The monoisotopic (exact) mass is 325 g/mol. The summed E-state index contributed by atoms with van der Waals surface area (Å²) in [6, 6.07) is 5.88. The smallest absolute Gasteiger partial charge is 0.327 e. The molecule has 22 heavy (non-hydrogen) atoms. The summed E-state index contributed by atoms with van der Waals surface area (Å²) in [7, 11) is -3.98. The fraction of sp³-hybridized carbons (Fsp3) is 0.429. The number of esters is 1. The second-order valence-corrected chi connectivity index (χ2v) is 6.96. The third-order valence-electron chi connectivity index (χ3n) is 3.64. The number of hydrogen-bond acceptors (Lipinski definition) is 6. The van der Waals surface area contributed by atoms with E-state index in [2.05, 4.69) is 0 Å². The van der Waals surface area contributed by atoms with Crippen molar-refractivity contribution in [2.45, 2.75) is 23.8 Å². The van der Waals surface area contributed by atoms with Crippen molar-refractivity contribution in [3.63, 3.8) is 0 Å². The lowest BCUT2D eigenvalue weighted by atomic mass is 10.2. The van der Waals surface area contributed by atoms with Crippen LogP contribution in [0.3, 0.4) is 0 Å². The lowest BCUT2D eigenvalue weighted by Crippen LogP contribution is -2.36. The topological polar surface area (TPSA) is 90.0 Å². The highest BCUT2D eigenvalue weighted by atomic mass is 32.2. The van der Waals surface area contributed by atoms with Crippen molar-refractivity contribution >= 4 is 21.9 Å². The van der Waals surface area contributed by atoms with E-state index < -0.39 is 28.4 Å². The normalized spacial score (nSPS) is 22.6. The highest BCUT2D eigenvalue weighted by Crippen LogP contribution is 2.29. The Morgan fingerprint density at radius 1 is 1.36 bits per heavy atom. The molecule has 1 saturated heterocycles. The van der Waals surface area contributed by atoms with Gasteiger partial charge in [-0.25, -0.2) is 12.7 Å². The molecule has 0 bridgehead atoms. The number of rotatable bonds is 4. The molecule has 2 heterocycles. The maximum Gasteiger partial charge on any atom is 0.327 e. The zero-order valence-electron chi connectivity index (χ0n) is 11.7. The lowest BCUT2D eigenvalue weighted by molar-refractivity contribution is -0.146. The second kappa shape index (κ2) is 5.69. The molecule has 1 fully saturated rings. The summed E-state index contributed by atoms with van der Waals surface area (Å²) in [4.78, 5) is 23.8. The van der Waals surface area contributed by atoms with Gasteiger partial charge in [0.25, 0.3) is 15.9 Å². The number of fused-ring (bicyclic) bond motifs is 1. The molecule has 1 amide bonds. The number of benzene rings is 1. The fourth-order valence-electron chi connectivity index (χ4n) is 2.51. The molecule has 1 atom stereocenters. The molecule has 2 aliphatic heterocycles. The van der Waals surface area contributed by atoms with Crippen molar-refractivity contribution < 1.29 is 27.5 Å². The van der Waals surface area contributed by atoms with Crippen molar-refractivity contribution in [1.82, 2.24) is 4.31 Å². The molecule has 1 unspecified atom stereocenters. The van der Waals surface area contributed by atoms with Gasteiger partial charge in [-0.1, -0.05) is 12.1 Å². The Balaban J connectivity index is 1.68. The predicted molar refractivity (Wildman–Crippen MR) is 74.6 cm³/mol. The van der Waals surface area contributed by atoms with Crippen LogP contribution in [0.4, 0.5) is 0 Å². The van der Waals surface area contributed by atoms with E-state index >= 15 is 0 Å². The highest BCUT2D eigenvalue weighted by molar-refractivity contribution is 7.90. The van der Waals surface area contributed by atoms with Gasteiger partial charge in [-0.15, -0.1) is 0 Å². The van der Waals surface area contributed by atoms with Crippen LogP contribution in [0.15, 0.2) is 29.2 Å². The Morgan fingerprint density at radius 3 is 2.82 bits per heavy atom. The molecule has 3 rings (SSSR count). The molecule has 8 heteroatoms. The molecular weight excluding hydrogens is 310 g/mol. The van der Waals surface area contributed by atoms with E-state index in [1.807, 2.05) is 0 Å². The van der Waals surface area contributed by atoms with E-state index in [9.17, 15) is 18.0 Å². The van der Waals surface area contributed by atoms with Crippen molar-refractivity contribution in [2.24, 2.45) is 0 Å². The maximum absolute atomic E-state index is 12.3. The molecule has 0 radical (unpaired) electrons. The summed E-state index contributed by atoms with van der Waals surface area (Å²) in [6.07, 6.45) is 1.57. The summed E-state index contributed by atoms with van der Waals surface area (Å²) < 4.78 is 35.4. The number of ether oxygens (including phenoxy) is 2. The lowest BCUT2D eigenvalue weighted by Gasteiger charge is -2.15. The van der Waals surface area contributed by atoms with Crippen LogP contribution in [-0.2, 0) is 24.3 Å². The van der Waals surface area contributed by atoms with E-state index in [0.717, 1.165) is 12.8 Å². The van der Waals surface area contributed by atoms with E-state index in [-0.39, 0.29) is 23.2 Å². The van der Waals surface area contributed by atoms with Crippen molar-refractivity contribution in [3.8, 4) is 0 Å². The van der Waals surface area contributed by atoms with Crippen LogP contribution in [0.1, 0.15) is 23.2 Å². The van der Waals surface area contributed by atoms with Gasteiger partial charge in [0.05, 0.1) is 11.7 Å². The van der Waals surface area contributed by atoms with Crippen molar-refractivity contribution in [3.05, 3.63) is 29.8 Å². The number of nitrogens with zero attached hydrogens (tertiary/aromatic N) is 1. The number of amides is 1. The minimum absolute atomic E-state index is 0.0769. The molecule has 1 aromatic carbocycles. The first-order valence-electron chi connectivity index (χ1n) is 6.93. The first-order valence-corrected chi connectivity index (χ1v) is 8.37. The molecule has 0 spiro atoms. The third-order valence-corrected chi connectivity index (χ3v) is 5.43. The van der Waals surface area contributed by atoms with Gasteiger partial charge < -0.3 is 9.47 Å². The molecule has 2 aliphatic rings. The number of carbonyl (C=O) groups excluding carboxylic acids is 2. The van der Waals surface area contributed by atoms with Crippen molar-refractivity contribution in [2.75, 3.05) is 19.8 Å². The molecule has 7 nitrogen and oxygen atoms in total. The maximum atomic E-state index is 12.3.